The highest BCUT2D eigenvalue weighted by molar-refractivity contribution is 6.07. The number of para-hydroxylation sites is 2. The van der Waals surface area contributed by atoms with Crippen molar-refractivity contribution in [2.24, 2.45) is 0 Å². The molecule has 7 heteroatoms. The molecule has 1 N–H and O–H groups in total. The van der Waals surface area contributed by atoms with Gasteiger partial charge in [0.15, 0.2) is 0 Å². The van der Waals surface area contributed by atoms with Gasteiger partial charge in [-0.05, 0) is 23.8 Å². The van der Waals surface area contributed by atoms with E-state index in [1.165, 1.54) is 13.1 Å². The van der Waals surface area contributed by atoms with Crippen LogP contribution < -0.4 is 5.56 Å². The summed E-state index contributed by atoms with van der Waals surface area (Å²) in [5.74, 6) is -1.17. The molecule has 0 bridgehead atoms. The molecule has 26 heavy (non-hydrogen) atoms. The summed E-state index contributed by atoms with van der Waals surface area (Å²) in [6, 6.07) is 12.3. The summed E-state index contributed by atoms with van der Waals surface area (Å²) in [6.45, 7) is 0. The number of likely N-dealkylation sites (N-methyl/N-ethyl adjacent to an activating group) is 1. The van der Waals surface area contributed by atoms with Crippen LogP contribution in [0.4, 0.5) is 0 Å². The summed E-state index contributed by atoms with van der Waals surface area (Å²) in [5, 5.41) is 10.4. The van der Waals surface area contributed by atoms with E-state index in [4.69, 9.17) is 0 Å². The lowest BCUT2D eigenvalue weighted by molar-refractivity contribution is -0.132. The minimum absolute atomic E-state index is 0.0307. The number of hydrogen-bond acceptors (Lipinski definition) is 5. The molecule has 4 rings (SSSR count). The number of rotatable bonds is 2. The summed E-state index contributed by atoms with van der Waals surface area (Å²) < 4.78 is 1.15. The zero-order valence-corrected chi connectivity index (χ0v) is 13.9. The van der Waals surface area contributed by atoms with Crippen LogP contribution in [0, 0.1) is 0 Å². The van der Waals surface area contributed by atoms with Crippen molar-refractivity contribution in [2.75, 3.05) is 7.05 Å². The molecule has 0 radical (unpaired) electrons. The number of fused-ring (bicyclic) bond motifs is 2. The van der Waals surface area contributed by atoms with Gasteiger partial charge in [-0.2, -0.15) is 0 Å². The topological polar surface area (TPSA) is 92.5 Å². The lowest BCUT2D eigenvalue weighted by Crippen LogP contribution is -2.50. The van der Waals surface area contributed by atoms with Crippen molar-refractivity contribution in [1.82, 2.24) is 14.5 Å². The molecule has 2 heterocycles. The summed E-state index contributed by atoms with van der Waals surface area (Å²) >= 11 is 0. The van der Waals surface area contributed by atoms with Crippen LogP contribution in [0.15, 0.2) is 53.3 Å². The van der Waals surface area contributed by atoms with E-state index in [1.807, 2.05) is 0 Å². The van der Waals surface area contributed by atoms with Crippen LogP contribution in [0.2, 0.25) is 0 Å². The van der Waals surface area contributed by atoms with Gasteiger partial charge >= 0.3 is 0 Å². The average molecular weight is 349 g/mol. The van der Waals surface area contributed by atoms with E-state index in [1.54, 1.807) is 42.5 Å². The van der Waals surface area contributed by atoms with Crippen LogP contribution in [-0.4, -0.2) is 38.4 Å². The van der Waals surface area contributed by atoms with Gasteiger partial charge in [-0.25, -0.2) is 4.98 Å². The molecular formula is C19H15N3O4. The van der Waals surface area contributed by atoms with Crippen LogP contribution in [0.25, 0.3) is 10.9 Å². The summed E-state index contributed by atoms with van der Waals surface area (Å²) in [5.41, 5.74) is 0.474. The van der Waals surface area contributed by atoms with Crippen LogP contribution in [0.3, 0.4) is 0 Å². The summed E-state index contributed by atoms with van der Waals surface area (Å²) in [4.78, 5) is 43.5. The highest BCUT2D eigenvalue weighted by Crippen LogP contribution is 2.27. The number of nitrogens with zero attached hydrogens (tertiary/aromatic N) is 3. The van der Waals surface area contributed by atoms with Crippen LogP contribution in [0.1, 0.15) is 22.2 Å². The molecule has 2 amide bonds. The molecule has 0 fully saturated rings. The Bertz CT molecular complexity index is 1120. The van der Waals surface area contributed by atoms with Crippen molar-refractivity contribution in [2.45, 2.75) is 12.5 Å². The van der Waals surface area contributed by atoms with E-state index >= 15 is 0 Å². The predicted molar refractivity (Wildman–Crippen MR) is 94.0 cm³/mol. The third-order valence-electron chi connectivity index (χ3n) is 4.64. The Morgan fingerprint density at radius 3 is 2.50 bits per heavy atom. The number of phenols is 1. The number of aromatic nitrogens is 2. The lowest BCUT2D eigenvalue weighted by atomic mass is 10.0. The quantitative estimate of drug-likeness (QED) is 0.708. The molecule has 0 aliphatic carbocycles. The maximum Gasteiger partial charge on any atom is 0.296 e. The molecule has 3 aromatic rings. The Morgan fingerprint density at radius 2 is 1.73 bits per heavy atom. The van der Waals surface area contributed by atoms with Gasteiger partial charge < -0.3 is 5.11 Å². The standard InChI is InChI=1S/C19H15N3O4/c1-21-18(25)14(10-11-6-2-5-9-15(11)23)22-16(19(21)26)20-13-8-4-3-7-12(13)17(22)24/h2-9,14,23H,10H2,1H3/t14-/m1/s1. The van der Waals surface area contributed by atoms with Gasteiger partial charge in [0.2, 0.25) is 5.82 Å². The Kier molecular flexibility index (Phi) is 3.57. The number of aromatic hydroxyl groups is 1. The second-order valence-corrected chi connectivity index (χ2v) is 6.18. The van der Waals surface area contributed by atoms with Gasteiger partial charge in [0.05, 0.1) is 10.9 Å². The Morgan fingerprint density at radius 1 is 1.04 bits per heavy atom. The average Bonchev–Trinajstić information content (AvgIpc) is 2.65. The van der Waals surface area contributed by atoms with Crippen molar-refractivity contribution in [1.29, 1.82) is 0 Å². The molecule has 1 aliphatic rings. The van der Waals surface area contributed by atoms with E-state index in [9.17, 15) is 19.5 Å². The Hall–Kier alpha value is -3.48. The second-order valence-electron chi connectivity index (χ2n) is 6.18. The minimum Gasteiger partial charge on any atom is -0.508 e. The van der Waals surface area contributed by atoms with Gasteiger partial charge in [-0.1, -0.05) is 30.3 Å². The predicted octanol–water partition coefficient (Wildman–Crippen LogP) is 1.50. The highest BCUT2D eigenvalue weighted by atomic mass is 16.3. The van der Waals surface area contributed by atoms with E-state index in [2.05, 4.69) is 4.98 Å². The number of carbonyl (C=O) groups is 2. The fraction of sp³-hybridized carbons (Fsp3) is 0.158. The minimum atomic E-state index is -0.953. The molecule has 1 aliphatic heterocycles. The van der Waals surface area contributed by atoms with Crippen LogP contribution in [0.5, 0.6) is 5.75 Å². The zero-order valence-electron chi connectivity index (χ0n) is 13.9. The highest BCUT2D eigenvalue weighted by Gasteiger charge is 2.39. The monoisotopic (exact) mass is 349 g/mol. The van der Waals surface area contributed by atoms with Crippen molar-refractivity contribution < 1.29 is 14.7 Å². The normalized spacial score (nSPS) is 16.8. The fourth-order valence-electron chi connectivity index (χ4n) is 3.24. The first-order valence-corrected chi connectivity index (χ1v) is 8.09. The number of phenolic OH excluding ortho intramolecular Hbond substituents is 1. The van der Waals surface area contributed by atoms with Crippen LogP contribution in [-0.2, 0) is 11.2 Å². The fourth-order valence-corrected chi connectivity index (χ4v) is 3.24. The van der Waals surface area contributed by atoms with E-state index < -0.39 is 23.4 Å². The largest absolute Gasteiger partial charge is 0.508 e. The summed E-state index contributed by atoms with van der Waals surface area (Å²) in [6.07, 6.45) is 0.0794. The van der Waals surface area contributed by atoms with Crippen molar-refractivity contribution in [3.63, 3.8) is 0 Å². The maximum absolute atomic E-state index is 13.0. The first-order chi connectivity index (χ1) is 12.5. The molecular weight excluding hydrogens is 334 g/mol. The third-order valence-corrected chi connectivity index (χ3v) is 4.64. The van der Waals surface area contributed by atoms with Crippen molar-refractivity contribution in [3.05, 3.63) is 70.3 Å². The molecule has 1 atom stereocenters. The number of carbonyl (C=O) groups excluding carboxylic acids is 2. The van der Waals surface area contributed by atoms with Gasteiger partial charge in [-0.15, -0.1) is 0 Å². The SMILES string of the molecule is CN1C(=O)c2nc3ccccc3c(=O)n2[C@H](Cc2ccccc2O)C1=O. The van der Waals surface area contributed by atoms with Crippen molar-refractivity contribution >= 4 is 22.7 Å². The number of imide groups is 1. The first kappa shape index (κ1) is 16.0. The van der Waals surface area contributed by atoms with Gasteiger partial charge in [0, 0.05) is 13.5 Å². The molecule has 0 saturated carbocycles. The summed E-state index contributed by atoms with van der Waals surface area (Å²) in [7, 11) is 1.37. The van der Waals surface area contributed by atoms with Gasteiger partial charge in [0.1, 0.15) is 11.8 Å². The molecule has 7 nitrogen and oxygen atoms in total. The second kappa shape index (κ2) is 5.80. The first-order valence-electron chi connectivity index (χ1n) is 8.09. The molecule has 0 unspecified atom stereocenters. The Balaban J connectivity index is 1.96. The number of amides is 2. The van der Waals surface area contributed by atoms with Gasteiger partial charge in [-0.3, -0.25) is 23.9 Å². The number of hydrogen-bond donors (Lipinski definition) is 1. The lowest BCUT2D eigenvalue weighted by Gasteiger charge is -2.31. The Labute approximate surface area is 148 Å². The maximum atomic E-state index is 13.0. The zero-order chi connectivity index (χ0) is 18.4. The molecule has 2 aromatic carbocycles. The van der Waals surface area contributed by atoms with Gasteiger partial charge in [0.25, 0.3) is 17.4 Å². The third kappa shape index (κ3) is 2.28. The smallest absolute Gasteiger partial charge is 0.296 e. The van der Waals surface area contributed by atoms with E-state index in [0.29, 0.717) is 16.5 Å². The van der Waals surface area contributed by atoms with E-state index in [-0.39, 0.29) is 18.0 Å². The van der Waals surface area contributed by atoms with Crippen molar-refractivity contribution in [3.8, 4) is 5.75 Å². The molecule has 130 valence electrons. The van der Waals surface area contributed by atoms with Crippen LogP contribution >= 0.6 is 0 Å². The molecule has 1 aromatic heterocycles. The van der Waals surface area contributed by atoms with E-state index in [0.717, 1.165) is 9.47 Å². The number of benzene rings is 2. The molecule has 0 saturated heterocycles. The molecule has 0 spiro atoms.